The van der Waals surface area contributed by atoms with Crippen LogP contribution in [0.3, 0.4) is 0 Å². The van der Waals surface area contributed by atoms with Gasteiger partial charge in [0, 0.05) is 37.6 Å². The van der Waals surface area contributed by atoms with Crippen LogP contribution in [-0.2, 0) is 6.54 Å². The quantitative estimate of drug-likeness (QED) is 0.848. The maximum absolute atomic E-state index is 12.7. The number of hydrogen-bond acceptors (Lipinski definition) is 4. The van der Waals surface area contributed by atoms with E-state index < -0.39 is 11.2 Å². The minimum Gasteiger partial charge on any atom is -0.334 e. The van der Waals surface area contributed by atoms with Gasteiger partial charge < -0.3 is 9.88 Å². The third-order valence-corrected chi connectivity index (χ3v) is 4.13. The fraction of sp³-hybridized carbons (Fsp3) is 0.467. The monoisotopic (exact) mass is 317 g/mol. The third-order valence-electron chi connectivity index (χ3n) is 4.13. The van der Waals surface area contributed by atoms with Gasteiger partial charge in [-0.05, 0) is 31.7 Å². The van der Waals surface area contributed by atoms with Gasteiger partial charge in [0.25, 0.3) is 11.5 Å². The summed E-state index contributed by atoms with van der Waals surface area (Å²) >= 11 is 0. The van der Waals surface area contributed by atoms with E-state index in [-0.39, 0.29) is 17.6 Å². The molecule has 0 saturated carbocycles. The van der Waals surface area contributed by atoms with Crippen molar-refractivity contribution in [3.63, 3.8) is 0 Å². The molecule has 23 heavy (non-hydrogen) atoms. The second-order valence-electron chi connectivity index (χ2n) is 5.71. The van der Waals surface area contributed by atoms with Gasteiger partial charge in [-0.3, -0.25) is 19.3 Å². The topological polar surface area (TPSA) is 104 Å². The van der Waals surface area contributed by atoms with Crippen LogP contribution in [0.15, 0.2) is 34.1 Å². The van der Waals surface area contributed by atoms with E-state index in [0.717, 1.165) is 38.3 Å². The second kappa shape index (κ2) is 6.64. The van der Waals surface area contributed by atoms with Crippen molar-refractivity contribution in [2.45, 2.75) is 38.3 Å². The van der Waals surface area contributed by atoms with Crippen LogP contribution < -0.4 is 11.2 Å². The summed E-state index contributed by atoms with van der Waals surface area (Å²) in [5.74, 6) is -0.293. The number of likely N-dealkylation sites (tertiary alicyclic amines) is 1. The van der Waals surface area contributed by atoms with Crippen molar-refractivity contribution in [2.75, 3.05) is 6.54 Å². The molecule has 1 aliphatic heterocycles. The summed E-state index contributed by atoms with van der Waals surface area (Å²) in [4.78, 5) is 41.7. The lowest BCUT2D eigenvalue weighted by Gasteiger charge is -2.35. The molecular formula is C15H19N5O3. The fourth-order valence-corrected chi connectivity index (χ4v) is 3.02. The number of amides is 1. The van der Waals surface area contributed by atoms with Gasteiger partial charge in [-0.2, -0.15) is 5.10 Å². The van der Waals surface area contributed by atoms with E-state index in [1.807, 2.05) is 16.9 Å². The average Bonchev–Trinajstić information content (AvgIpc) is 3.05. The molecule has 2 N–H and O–H groups in total. The van der Waals surface area contributed by atoms with Crippen molar-refractivity contribution in [1.82, 2.24) is 24.6 Å². The Morgan fingerprint density at radius 2 is 2.17 bits per heavy atom. The molecule has 8 heteroatoms. The Kier molecular flexibility index (Phi) is 4.40. The highest BCUT2D eigenvalue weighted by Gasteiger charge is 2.28. The predicted octanol–water partition coefficient (Wildman–Crippen LogP) is 0.345. The first-order valence-electron chi connectivity index (χ1n) is 7.75. The van der Waals surface area contributed by atoms with Gasteiger partial charge in [-0.1, -0.05) is 0 Å². The van der Waals surface area contributed by atoms with Gasteiger partial charge in [0.05, 0.1) is 0 Å². The molecule has 3 rings (SSSR count). The van der Waals surface area contributed by atoms with Crippen molar-refractivity contribution in [1.29, 1.82) is 0 Å². The van der Waals surface area contributed by atoms with E-state index in [1.54, 1.807) is 11.1 Å². The van der Waals surface area contributed by atoms with E-state index >= 15 is 0 Å². The number of aromatic amines is 2. The number of aryl methyl sites for hydroxylation is 1. The van der Waals surface area contributed by atoms with Crippen LogP contribution in [0.2, 0.25) is 0 Å². The summed E-state index contributed by atoms with van der Waals surface area (Å²) in [6.07, 6.45) is 7.33. The van der Waals surface area contributed by atoms with Crippen LogP contribution in [0.4, 0.5) is 0 Å². The molecule has 0 spiro atoms. The largest absolute Gasteiger partial charge is 0.334 e. The molecule has 1 atom stereocenters. The molecule has 0 aliphatic carbocycles. The van der Waals surface area contributed by atoms with Crippen molar-refractivity contribution >= 4 is 5.91 Å². The molecule has 0 aromatic carbocycles. The molecule has 1 amide bonds. The first-order valence-corrected chi connectivity index (χ1v) is 7.75. The molecule has 122 valence electrons. The highest BCUT2D eigenvalue weighted by molar-refractivity contribution is 5.92. The van der Waals surface area contributed by atoms with E-state index in [0.29, 0.717) is 6.54 Å². The maximum atomic E-state index is 12.7. The standard InChI is InChI=1S/C15H19N5O3/c21-13-10-12(17-15(23)18-13)14(22)20-8-2-1-4-11(20)5-9-19-7-3-6-16-19/h3,6-7,10-11H,1-2,4-5,8-9H2,(H2,17,18,21,23)/t11-/m0/s1. The average molecular weight is 317 g/mol. The molecule has 1 saturated heterocycles. The first kappa shape index (κ1) is 15.3. The Bertz CT molecular complexity index is 749. The van der Waals surface area contributed by atoms with Gasteiger partial charge in [0.2, 0.25) is 0 Å². The van der Waals surface area contributed by atoms with Gasteiger partial charge >= 0.3 is 5.69 Å². The van der Waals surface area contributed by atoms with Crippen LogP contribution in [0.5, 0.6) is 0 Å². The molecule has 0 unspecified atom stereocenters. The van der Waals surface area contributed by atoms with Gasteiger partial charge in [0.1, 0.15) is 5.69 Å². The Balaban J connectivity index is 1.75. The molecule has 1 aliphatic rings. The lowest BCUT2D eigenvalue weighted by molar-refractivity contribution is 0.0587. The highest BCUT2D eigenvalue weighted by Crippen LogP contribution is 2.21. The molecule has 0 radical (unpaired) electrons. The number of nitrogens with zero attached hydrogens (tertiary/aromatic N) is 3. The van der Waals surface area contributed by atoms with E-state index in [1.165, 1.54) is 0 Å². The zero-order valence-electron chi connectivity index (χ0n) is 12.7. The number of carbonyl (C=O) groups excluding carboxylic acids is 1. The number of rotatable bonds is 4. The molecular weight excluding hydrogens is 298 g/mol. The number of aromatic nitrogens is 4. The van der Waals surface area contributed by atoms with E-state index in [2.05, 4.69) is 15.1 Å². The molecule has 1 fully saturated rings. The van der Waals surface area contributed by atoms with Crippen LogP contribution in [0, 0.1) is 0 Å². The summed E-state index contributed by atoms with van der Waals surface area (Å²) < 4.78 is 1.84. The fourth-order valence-electron chi connectivity index (χ4n) is 3.02. The van der Waals surface area contributed by atoms with Gasteiger partial charge in [-0.25, -0.2) is 4.79 Å². The number of piperidine rings is 1. The summed E-state index contributed by atoms with van der Waals surface area (Å²) in [7, 11) is 0. The van der Waals surface area contributed by atoms with Crippen molar-refractivity contribution in [2.24, 2.45) is 0 Å². The Morgan fingerprint density at radius 1 is 1.30 bits per heavy atom. The van der Waals surface area contributed by atoms with Crippen molar-refractivity contribution < 1.29 is 4.79 Å². The van der Waals surface area contributed by atoms with Gasteiger partial charge in [0.15, 0.2) is 0 Å². The predicted molar refractivity (Wildman–Crippen MR) is 83.2 cm³/mol. The summed E-state index contributed by atoms with van der Waals surface area (Å²) in [6.45, 7) is 1.37. The van der Waals surface area contributed by atoms with Crippen molar-refractivity contribution in [3.8, 4) is 0 Å². The van der Waals surface area contributed by atoms with E-state index in [4.69, 9.17) is 0 Å². The Hall–Kier alpha value is -2.64. The number of H-pyrrole nitrogens is 2. The summed E-state index contributed by atoms with van der Waals surface area (Å²) in [5.41, 5.74) is -1.18. The van der Waals surface area contributed by atoms with E-state index in [9.17, 15) is 14.4 Å². The number of hydrogen-bond donors (Lipinski definition) is 2. The lowest BCUT2D eigenvalue weighted by Crippen LogP contribution is -2.45. The van der Waals surface area contributed by atoms with Gasteiger partial charge in [-0.15, -0.1) is 0 Å². The van der Waals surface area contributed by atoms with Crippen LogP contribution >= 0.6 is 0 Å². The summed E-state index contributed by atoms with van der Waals surface area (Å²) in [6, 6.07) is 3.09. The molecule has 0 bridgehead atoms. The van der Waals surface area contributed by atoms with Crippen LogP contribution in [-0.4, -0.2) is 43.1 Å². The Morgan fingerprint density at radius 3 is 2.91 bits per heavy atom. The zero-order valence-corrected chi connectivity index (χ0v) is 12.7. The smallest absolute Gasteiger partial charge is 0.326 e. The van der Waals surface area contributed by atoms with Crippen LogP contribution in [0.1, 0.15) is 36.2 Å². The number of carbonyl (C=O) groups is 1. The van der Waals surface area contributed by atoms with Crippen LogP contribution in [0.25, 0.3) is 0 Å². The third kappa shape index (κ3) is 3.58. The molecule has 3 heterocycles. The van der Waals surface area contributed by atoms with Crippen molar-refractivity contribution in [3.05, 3.63) is 51.1 Å². The maximum Gasteiger partial charge on any atom is 0.326 e. The first-order chi connectivity index (χ1) is 11.1. The molecule has 2 aromatic heterocycles. The summed E-state index contributed by atoms with van der Waals surface area (Å²) in [5, 5.41) is 4.17. The lowest BCUT2D eigenvalue weighted by atomic mass is 9.99. The SMILES string of the molecule is O=C(c1cc(=O)[nH]c(=O)[nH]1)N1CCCC[C@H]1CCn1cccn1. The zero-order chi connectivity index (χ0) is 16.2. The highest BCUT2D eigenvalue weighted by atomic mass is 16.2. The number of nitrogens with one attached hydrogen (secondary N) is 2. The molecule has 2 aromatic rings. The normalized spacial score (nSPS) is 18.1. The molecule has 8 nitrogen and oxygen atoms in total. The minimum absolute atomic E-state index is 0.0461. The Labute approximate surface area is 132 Å². The minimum atomic E-state index is -0.661. The second-order valence-corrected chi connectivity index (χ2v) is 5.71.